The van der Waals surface area contributed by atoms with Gasteiger partial charge in [-0.25, -0.2) is 4.39 Å². The van der Waals surface area contributed by atoms with E-state index >= 15 is 0 Å². The van der Waals surface area contributed by atoms with Crippen LogP contribution in [0, 0.1) is 12.7 Å². The number of carbonyl (C=O) groups excluding carboxylic acids is 2. The highest BCUT2D eigenvalue weighted by Gasteiger charge is 2.20. The number of thiophene rings is 1. The summed E-state index contributed by atoms with van der Waals surface area (Å²) in [6.07, 6.45) is 3.56. The highest BCUT2D eigenvalue weighted by molar-refractivity contribution is 7.17. The summed E-state index contributed by atoms with van der Waals surface area (Å²) < 4.78 is 12.9. The largest absolute Gasteiger partial charge is 0.365 e. The summed E-state index contributed by atoms with van der Waals surface area (Å²) in [6, 6.07) is 15.6. The number of rotatable bonds is 6. The molecule has 0 saturated heterocycles. The van der Waals surface area contributed by atoms with E-state index in [1.165, 1.54) is 29.5 Å². The Hall–Kier alpha value is -3.25. The molecule has 0 radical (unpaired) electrons. The third-order valence-electron chi connectivity index (χ3n) is 4.23. The topological polar surface area (TPSA) is 72.2 Å². The van der Waals surface area contributed by atoms with Gasteiger partial charge in [-0.15, -0.1) is 11.3 Å². The summed E-state index contributed by atoms with van der Waals surface area (Å²) in [5.74, 6) is -1.31. The Kier molecular flexibility index (Phi) is 6.01. The molecule has 0 bridgehead atoms. The molecule has 4 nitrogen and oxygen atoms in total. The lowest BCUT2D eigenvalue weighted by Crippen LogP contribution is -2.16. The van der Waals surface area contributed by atoms with Crippen LogP contribution in [-0.2, 0) is 11.2 Å². The van der Waals surface area contributed by atoms with Gasteiger partial charge in [-0.3, -0.25) is 9.59 Å². The highest BCUT2D eigenvalue weighted by atomic mass is 32.1. The molecule has 28 heavy (non-hydrogen) atoms. The van der Waals surface area contributed by atoms with Gasteiger partial charge in [-0.2, -0.15) is 0 Å². The van der Waals surface area contributed by atoms with Crippen LogP contribution in [-0.4, -0.2) is 11.8 Å². The standard InChI is InChI=1S/C22H19FN2O2S/c1-14-18(13-16-5-3-2-4-6-16)28-22(20(14)21(24)27)25-19(26)12-9-15-7-10-17(23)11-8-15/h2-12H,13H2,1H3,(H2,24,27)(H,25,26)/b12-9+. The van der Waals surface area contributed by atoms with E-state index in [1.54, 1.807) is 18.2 Å². The number of primary amides is 1. The number of anilines is 1. The maximum atomic E-state index is 12.9. The van der Waals surface area contributed by atoms with Crippen LogP contribution in [0.25, 0.3) is 6.08 Å². The molecular formula is C22H19FN2O2S. The van der Waals surface area contributed by atoms with Crippen molar-refractivity contribution in [2.24, 2.45) is 5.73 Å². The fraction of sp³-hybridized carbons (Fsp3) is 0.0909. The molecule has 0 fully saturated rings. The molecule has 0 spiro atoms. The van der Waals surface area contributed by atoms with Crippen molar-refractivity contribution in [3.8, 4) is 0 Å². The number of hydrogen-bond acceptors (Lipinski definition) is 3. The van der Waals surface area contributed by atoms with Gasteiger partial charge in [0.05, 0.1) is 5.56 Å². The smallest absolute Gasteiger partial charge is 0.251 e. The normalized spacial score (nSPS) is 10.9. The third-order valence-corrected chi connectivity index (χ3v) is 5.44. The average molecular weight is 394 g/mol. The van der Waals surface area contributed by atoms with Gasteiger partial charge in [-0.1, -0.05) is 42.5 Å². The first-order valence-corrected chi connectivity index (χ1v) is 9.46. The number of benzene rings is 2. The van der Waals surface area contributed by atoms with Crippen molar-refractivity contribution in [2.75, 3.05) is 5.32 Å². The minimum atomic E-state index is -0.578. The van der Waals surface area contributed by atoms with E-state index in [9.17, 15) is 14.0 Å². The maximum absolute atomic E-state index is 12.9. The average Bonchev–Trinajstić information content (AvgIpc) is 2.97. The Balaban J connectivity index is 1.80. The molecule has 1 heterocycles. The van der Waals surface area contributed by atoms with Gasteiger partial charge in [0.15, 0.2) is 0 Å². The van der Waals surface area contributed by atoms with Crippen molar-refractivity contribution in [3.63, 3.8) is 0 Å². The van der Waals surface area contributed by atoms with Gasteiger partial charge in [0, 0.05) is 17.4 Å². The van der Waals surface area contributed by atoms with E-state index in [0.717, 1.165) is 16.0 Å². The zero-order valence-electron chi connectivity index (χ0n) is 15.2. The van der Waals surface area contributed by atoms with E-state index in [0.29, 0.717) is 22.5 Å². The van der Waals surface area contributed by atoms with Gasteiger partial charge < -0.3 is 11.1 Å². The Labute approximate surface area is 166 Å². The molecule has 0 unspecified atom stereocenters. The molecule has 2 aromatic carbocycles. The summed E-state index contributed by atoms with van der Waals surface area (Å²) in [5, 5.41) is 3.17. The van der Waals surface area contributed by atoms with E-state index in [4.69, 9.17) is 5.73 Å². The minimum absolute atomic E-state index is 0.333. The molecule has 0 aliphatic heterocycles. The van der Waals surface area contributed by atoms with E-state index < -0.39 is 5.91 Å². The molecule has 0 aliphatic carbocycles. The van der Waals surface area contributed by atoms with Gasteiger partial charge >= 0.3 is 0 Å². The molecule has 0 atom stereocenters. The van der Waals surface area contributed by atoms with Crippen molar-refractivity contribution in [2.45, 2.75) is 13.3 Å². The first kappa shape index (κ1) is 19.5. The lowest BCUT2D eigenvalue weighted by atomic mass is 10.1. The Morgan fingerprint density at radius 1 is 1.11 bits per heavy atom. The SMILES string of the molecule is Cc1c(Cc2ccccc2)sc(NC(=O)/C=C/c2ccc(F)cc2)c1C(N)=O. The quantitative estimate of drug-likeness (QED) is 0.603. The number of amides is 2. The number of carbonyl (C=O) groups is 2. The maximum Gasteiger partial charge on any atom is 0.251 e. The van der Waals surface area contributed by atoms with Crippen LogP contribution in [0.1, 0.15) is 31.9 Å². The predicted octanol–water partition coefficient (Wildman–Crippen LogP) is 4.54. The summed E-state index contributed by atoms with van der Waals surface area (Å²) in [4.78, 5) is 25.2. The number of halogens is 1. The first-order chi connectivity index (χ1) is 13.4. The van der Waals surface area contributed by atoms with Gasteiger partial charge in [0.1, 0.15) is 10.8 Å². The van der Waals surface area contributed by atoms with Crippen molar-refractivity contribution in [3.05, 3.63) is 93.6 Å². The monoisotopic (exact) mass is 394 g/mol. The third kappa shape index (κ3) is 4.72. The second-order valence-electron chi connectivity index (χ2n) is 6.26. The lowest BCUT2D eigenvalue weighted by molar-refractivity contribution is -0.111. The van der Waals surface area contributed by atoms with Crippen molar-refractivity contribution < 1.29 is 14.0 Å². The predicted molar refractivity (Wildman–Crippen MR) is 111 cm³/mol. The summed E-state index contributed by atoms with van der Waals surface area (Å²) in [5.41, 5.74) is 8.45. The van der Waals surface area contributed by atoms with Gasteiger partial charge in [0.25, 0.3) is 5.91 Å². The van der Waals surface area contributed by atoms with E-state index in [2.05, 4.69) is 5.32 Å². The molecule has 2 amide bonds. The van der Waals surface area contributed by atoms with Crippen LogP contribution >= 0.6 is 11.3 Å². The zero-order valence-corrected chi connectivity index (χ0v) is 16.1. The Morgan fingerprint density at radius 3 is 2.43 bits per heavy atom. The van der Waals surface area contributed by atoms with Crippen LogP contribution in [0.4, 0.5) is 9.39 Å². The van der Waals surface area contributed by atoms with E-state index in [-0.39, 0.29) is 11.7 Å². The molecular weight excluding hydrogens is 375 g/mol. The van der Waals surface area contributed by atoms with Crippen molar-refractivity contribution in [1.82, 2.24) is 0 Å². The number of nitrogens with two attached hydrogens (primary N) is 1. The summed E-state index contributed by atoms with van der Waals surface area (Å²) in [7, 11) is 0. The number of hydrogen-bond donors (Lipinski definition) is 2. The molecule has 0 aliphatic rings. The molecule has 3 N–H and O–H groups in total. The second-order valence-corrected chi connectivity index (χ2v) is 7.36. The zero-order chi connectivity index (χ0) is 20.1. The summed E-state index contributed by atoms with van der Waals surface area (Å²) >= 11 is 1.34. The molecule has 3 rings (SSSR count). The Morgan fingerprint density at radius 2 is 1.79 bits per heavy atom. The van der Waals surface area contributed by atoms with Crippen LogP contribution in [0.15, 0.2) is 60.7 Å². The molecule has 3 aromatic rings. The van der Waals surface area contributed by atoms with Crippen LogP contribution in [0.5, 0.6) is 0 Å². The summed E-state index contributed by atoms with van der Waals surface area (Å²) in [6.45, 7) is 1.83. The molecule has 6 heteroatoms. The van der Waals surface area contributed by atoms with Crippen LogP contribution < -0.4 is 11.1 Å². The Bertz CT molecular complexity index is 1020. The van der Waals surface area contributed by atoms with Crippen molar-refractivity contribution >= 4 is 34.2 Å². The first-order valence-electron chi connectivity index (χ1n) is 8.64. The fourth-order valence-electron chi connectivity index (χ4n) is 2.79. The lowest BCUT2D eigenvalue weighted by Gasteiger charge is -2.02. The van der Waals surface area contributed by atoms with Gasteiger partial charge in [0.2, 0.25) is 5.91 Å². The van der Waals surface area contributed by atoms with E-state index in [1.807, 2.05) is 37.3 Å². The molecule has 1 aromatic heterocycles. The fourth-order valence-corrected chi connectivity index (χ4v) is 4.04. The van der Waals surface area contributed by atoms with Crippen LogP contribution in [0.2, 0.25) is 0 Å². The van der Waals surface area contributed by atoms with Gasteiger partial charge in [-0.05, 0) is 41.8 Å². The van der Waals surface area contributed by atoms with Crippen molar-refractivity contribution in [1.29, 1.82) is 0 Å². The highest BCUT2D eigenvalue weighted by Crippen LogP contribution is 2.34. The molecule has 0 saturated carbocycles. The second kappa shape index (κ2) is 8.63. The van der Waals surface area contributed by atoms with Crippen LogP contribution in [0.3, 0.4) is 0 Å². The number of nitrogens with one attached hydrogen (secondary N) is 1. The molecule has 142 valence electrons. The minimum Gasteiger partial charge on any atom is -0.365 e.